The predicted molar refractivity (Wildman–Crippen MR) is 60.6 cm³/mol. The van der Waals surface area contributed by atoms with Gasteiger partial charge < -0.3 is 10.0 Å². The number of nitrogens with zero attached hydrogens (tertiary/aromatic N) is 1. The van der Waals surface area contributed by atoms with Crippen molar-refractivity contribution < 1.29 is 9.50 Å². The van der Waals surface area contributed by atoms with Crippen molar-refractivity contribution in [2.45, 2.75) is 32.9 Å². The Morgan fingerprint density at radius 1 is 1.27 bits per heavy atom. The van der Waals surface area contributed by atoms with Gasteiger partial charge in [0, 0.05) is 13.1 Å². The molecule has 0 aliphatic rings. The van der Waals surface area contributed by atoms with E-state index < -0.39 is 6.10 Å². The summed E-state index contributed by atoms with van der Waals surface area (Å²) in [7, 11) is 1.85. The van der Waals surface area contributed by atoms with E-state index >= 15 is 0 Å². The number of halogens is 1. The summed E-state index contributed by atoms with van der Waals surface area (Å²) >= 11 is 0. The Bertz CT molecular complexity index is 336. The molecule has 84 valence electrons. The lowest BCUT2D eigenvalue weighted by Crippen LogP contribution is -2.26. The van der Waals surface area contributed by atoms with Gasteiger partial charge in [-0.25, -0.2) is 4.39 Å². The monoisotopic (exact) mass is 211 g/mol. The van der Waals surface area contributed by atoms with Crippen molar-refractivity contribution in [3.8, 4) is 0 Å². The average Bonchev–Trinajstić information content (AvgIpc) is 2.16. The van der Waals surface area contributed by atoms with Crippen LogP contribution in [0.25, 0.3) is 0 Å². The summed E-state index contributed by atoms with van der Waals surface area (Å²) in [6.45, 7) is 5.63. The third kappa shape index (κ3) is 2.69. The van der Waals surface area contributed by atoms with Gasteiger partial charge >= 0.3 is 0 Å². The van der Waals surface area contributed by atoms with Crippen LogP contribution in [0, 0.1) is 5.82 Å². The molecule has 0 heterocycles. The highest BCUT2D eigenvalue weighted by Crippen LogP contribution is 2.23. The lowest BCUT2D eigenvalue weighted by Gasteiger charge is -2.24. The highest BCUT2D eigenvalue weighted by Gasteiger charge is 2.12. The Kier molecular flexibility index (Phi) is 3.69. The van der Waals surface area contributed by atoms with Crippen molar-refractivity contribution in [2.24, 2.45) is 0 Å². The zero-order valence-electron chi connectivity index (χ0n) is 9.66. The van der Waals surface area contributed by atoms with E-state index in [1.165, 1.54) is 6.07 Å². The van der Waals surface area contributed by atoms with Gasteiger partial charge in [0.15, 0.2) is 0 Å². The summed E-state index contributed by atoms with van der Waals surface area (Å²) in [6, 6.07) is 5.09. The summed E-state index contributed by atoms with van der Waals surface area (Å²) in [4.78, 5) is 1.86. The zero-order valence-corrected chi connectivity index (χ0v) is 9.66. The molecule has 0 unspecified atom stereocenters. The van der Waals surface area contributed by atoms with E-state index in [2.05, 4.69) is 0 Å². The number of rotatable bonds is 3. The first kappa shape index (κ1) is 12.0. The summed E-state index contributed by atoms with van der Waals surface area (Å²) in [6.07, 6.45) is -0.627. The molecule has 1 rings (SSSR count). The lowest BCUT2D eigenvalue weighted by atomic mass is 10.1. The molecule has 0 amide bonds. The van der Waals surface area contributed by atoms with Gasteiger partial charge in [0.25, 0.3) is 0 Å². The topological polar surface area (TPSA) is 23.5 Å². The van der Waals surface area contributed by atoms with Crippen LogP contribution in [0.2, 0.25) is 0 Å². The molecule has 1 aromatic rings. The van der Waals surface area contributed by atoms with Crippen molar-refractivity contribution in [1.82, 2.24) is 0 Å². The Hall–Kier alpha value is -1.09. The summed E-state index contributed by atoms with van der Waals surface area (Å²) in [5.74, 6) is -0.287. The van der Waals surface area contributed by atoms with Gasteiger partial charge in [0.2, 0.25) is 0 Å². The normalized spacial score (nSPS) is 13.0. The maximum atomic E-state index is 13.7. The second-order valence-corrected chi connectivity index (χ2v) is 4.09. The largest absolute Gasteiger partial charge is 0.389 e. The molecule has 0 saturated carbocycles. The van der Waals surface area contributed by atoms with Crippen LogP contribution in [0.1, 0.15) is 32.4 Å². The number of aliphatic hydroxyl groups is 1. The fourth-order valence-corrected chi connectivity index (χ4v) is 1.35. The molecule has 2 nitrogen and oxygen atoms in total. The van der Waals surface area contributed by atoms with Gasteiger partial charge in [-0.05, 0) is 38.5 Å². The van der Waals surface area contributed by atoms with E-state index in [4.69, 9.17) is 0 Å². The minimum absolute atomic E-state index is 0.247. The highest BCUT2D eigenvalue weighted by atomic mass is 19.1. The molecule has 1 atom stereocenters. The second-order valence-electron chi connectivity index (χ2n) is 4.09. The van der Waals surface area contributed by atoms with Crippen molar-refractivity contribution in [3.63, 3.8) is 0 Å². The molecule has 1 aromatic carbocycles. The first-order valence-electron chi connectivity index (χ1n) is 5.13. The van der Waals surface area contributed by atoms with Gasteiger partial charge in [0.1, 0.15) is 5.82 Å². The molecular formula is C12H18FNO. The molecule has 15 heavy (non-hydrogen) atoms. The Labute approximate surface area is 90.3 Å². The number of hydrogen-bond donors (Lipinski definition) is 1. The van der Waals surface area contributed by atoms with Gasteiger partial charge in [-0.1, -0.05) is 6.07 Å². The molecular weight excluding hydrogens is 193 g/mol. The molecule has 0 bridgehead atoms. The van der Waals surface area contributed by atoms with Crippen LogP contribution in [0.5, 0.6) is 0 Å². The molecule has 3 heteroatoms. The number of hydrogen-bond acceptors (Lipinski definition) is 2. The molecule has 0 aliphatic heterocycles. The van der Waals surface area contributed by atoms with Crippen LogP contribution in [0.4, 0.5) is 10.1 Å². The Balaban J connectivity index is 3.03. The van der Waals surface area contributed by atoms with Crippen molar-refractivity contribution in [3.05, 3.63) is 29.6 Å². The summed E-state index contributed by atoms with van der Waals surface area (Å²) in [5, 5.41) is 9.31. The van der Waals surface area contributed by atoms with Crippen LogP contribution < -0.4 is 4.90 Å². The zero-order chi connectivity index (χ0) is 11.6. The fraction of sp³-hybridized carbons (Fsp3) is 0.500. The molecule has 0 radical (unpaired) electrons. The smallest absolute Gasteiger partial charge is 0.146 e. The molecule has 0 saturated heterocycles. The van der Waals surface area contributed by atoms with Crippen LogP contribution in [-0.2, 0) is 0 Å². The molecule has 1 N–H and O–H groups in total. The second kappa shape index (κ2) is 4.62. The minimum Gasteiger partial charge on any atom is -0.389 e. The van der Waals surface area contributed by atoms with Gasteiger partial charge in [0.05, 0.1) is 11.8 Å². The third-order valence-corrected chi connectivity index (χ3v) is 2.61. The van der Waals surface area contributed by atoms with Crippen molar-refractivity contribution >= 4 is 5.69 Å². The van der Waals surface area contributed by atoms with Crippen LogP contribution in [-0.4, -0.2) is 18.2 Å². The maximum absolute atomic E-state index is 13.7. The number of aliphatic hydroxyl groups excluding tert-OH is 1. The first-order chi connectivity index (χ1) is 6.93. The predicted octanol–water partition coefficient (Wildman–Crippen LogP) is 2.72. The van der Waals surface area contributed by atoms with Crippen molar-refractivity contribution in [1.29, 1.82) is 0 Å². The molecule has 0 fully saturated rings. The van der Waals surface area contributed by atoms with Crippen LogP contribution in [0.15, 0.2) is 18.2 Å². The first-order valence-corrected chi connectivity index (χ1v) is 5.13. The summed E-state index contributed by atoms with van der Waals surface area (Å²) in [5.41, 5.74) is 1.17. The minimum atomic E-state index is -0.627. The van der Waals surface area contributed by atoms with Crippen LogP contribution >= 0.6 is 0 Å². The fourth-order valence-electron chi connectivity index (χ4n) is 1.35. The Morgan fingerprint density at radius 2 is 1.87 bits per heavy atom. The van der Waals surface area contributed by atoms with E-state index in [1.807, 2.05) is 25.8 Å². The van der Waals surface area contributed by atoms with Gasteiger partial charge in [-0.15, -0.1) is 0 Å². The standard InChI is InChI=1S/C12H18FNO/c1-8(2)14(4)12-6-5-10(9(3)15)7-11(12)13/h5-9,15H,1-4H3/t9-/m1/s1. The highest BCUT2D eigenvalue weighted by molar-refractivity contribution is 5.49. The molecule has 0 aliphatic carbocycles. The van der Waals surface area contributed by atoms with E-state index in [0.29, 0.717) is 11.3 Å². The quantitative estimate of drug-likeness (QED) is 0.831. The molecule has 0 aromatic heterocycles. The van der Waals surface area contributed by atoms with Crippen LogP contribution in [0.3, 0.4) is 0 Å². The third-order valence-electron chi connectivity index (χ3n) is 2.61. The van der Waals surface area contributed by atoms with E-state index in [-0.39, 0.29) is 11.9 Å². The molecule has 0 spiro atoms. The van der Waals surface area contributed by atoms with E-state index in [9.17, 15) is 9.50 Å². The van der Waals surface area contributed by atoms with Gasteiger partial charge in [-0.2, -0.15) is 0 Å². The van der Waals surface area contributed by atoms with Gasteiger partial charge in [-0.3, -0.25) is 0 Å². The number of anilines is 1. The van der Waals surface area contributed by atoms with E-state index in [0.717, 1.165) is 0 Å². The average molecular weight is 211 g/mol. The lowest BCUT2D eigenvalue weighted by molar-refractivity contribution is 0.199. The number of benzene rings is 1. The Morgan fingerprint density at radius 3 is 2.27 bits per heavy atom. The van der Waals surface area contributed by atoms with E-state index in [1.54, 1.807) is 19.1 Å². The maximum Gasteiger partial charge on any atom is 0.146 e. The summed E-state index contributed by atoms with van der Waals surface area (Å²) < 4.78 is 13.7. The van der Waals surface area contributed by atoms with Crippen molar-refractivity contribution in [2.75, 3.05) is 11.9 Å². The SMILES string of the molecule is CC(C)N(C)c1ccc([C@@H](C)O)cc1F.